The Morgan fingerprint density at radius 2 is 1.82 bits per heavy atom. The number of esters is 1. The molecule has 0 fully saturated rings. The molecule has 10 nitrogen and oxygen atoms in total. The number of unbranched alkanes of at least 4 members (excludes halogenated alkanes) is 1. The summed E-state index contributed by atoms with van der Waals surface area (Å²) in [6.07, 6.45) is 7.83. The summed E-state index contributed by atoms with van der Waals surface area (Å²) in [7, 11) is 8.95. The van der Waals surface area contributed by atoms with Gasteiger partial charge in [0.1, 0.15) is 5.75 Å². The lowest BCUT2D eigenvalue weighted by Gasteiger charge is -2.26. The van der Waals surface area contributed by atoms with E-state index < -0.39 is 5.97 Å². The molecule has 1 heterocycles. The molecule has 3 aromatic rings. The van der Waals surface area contributed by atoms with Crippen LogP contribution in [0.5, 0.6) is 5.75 Å². The predicted octanol–water partition coefficient (Wildman–Crippen LogP) is 5.93. The molecule has 0 radical (unpaired) electrons. The Bertz CT molecular complexity index is 1500. The highest BCUT2D eigenvalue weighted by atomic mass is 16.5. The summed E-state index contributed by atoms with van der Waals surface area (Å²) >= 11 is 0. The standard InChI is InChI=1S/C34H44N6O4/c1-9-12-13-23-14-15-24(33(42)44-8)20-26(23)25(10-2)27-16-17-35-34(37-27)38-29-21-28(36-32(41)11-3)30(22-31(29)43-7)40(6)19-18-39(4)5/h10-11,14-17,20-22H,3,9,12-13,18-19H2,1-2,4-8H3,(H,36,41)(H,35,37,38)/b25-10+. The van der Waals surface area contributed by atoms with Crippen LogP contribution in [0.4, 0.5) is 23.0 Å². The maximum Gasteiger partial charge on any atom is 0.337 e. The molecule has 0 bridgehead atoms. The smallest absolute Gasteiger partial charge is 0.337 e. The largest absolute Gasteiger partial charge is 0.494 e. The highest BCUT2D eigenvalue weighted by molar-refractivity contribution is 6.02. The van der Waals surface area contributed by atoms with Crippen molar-refractivity contribution in [3.05, 3.63) is 83.7 Å². The maximum absolute atomic E-state index is 12.4. The summed E-state index contributed by atoms with van der Waals surface area (Å²) < 4.78 is 10.7. The second-order valence-corrected chi connectivity index (χ2v) is 10.5. The summed E-state index contributed by atoms with van der Waals surface area (Å²) in [6.45, 7) is 9.24. The number of methoxy groups -OCH3 is 2. The van der Waals surface area contributed by atoms with Crippen LogP contribution >= 0.6 is 0 Å². The lowest BCUT2D eigenvalue weighted by atomic mass is 9.92. The molecule has 2 N–H and O–H groups in total. The van der Waals surface area contributed by atoms with E-state index in [1.165, 1.54) is 13.2 Å². The number of rotatable bonds is 15. The number of hydrogen-bond donors (Lipinski definition) is 2. The Morgan fingerprint density at radius 3 is 2.45 bits per heavy atom. The molecule has 0 saturated carbocycles. The van der Waals surface area contributed by atoms with Crippen molar-refractivity contribution in [2.24, 2.45) is 0 Å². The molecule has 0 spiro atoms. The van der Waals surface area contributed by atoms with Crippen molar-refractivity contribution in [3.8, 4) is 5.75 Å². The number of likely N-dealkylation sites (N-methyl/N-ethyl adjacent to an activating group) is 2. The Kier molecular flexibility index (Phi) is 12.5. The molecule has 1 amide bonds. The van der Waals surface area contributed by atoms with Crippen LogP contribution in [0.2, 0.25) is 0 Å². The molecule has 234 valence electrons. The Hall–Kier alpha value is -4.70. The average molecular weight is 601 g/mol. The molecule has 0 saturated heterocycles. The number of aryl methyl sites for hydroxylation is 1. The molecule has 10 heteroatoms. The van der Waals surface area contributed by atoms with Crippen molar-refractivity contribution < 1.29 is 19.1 Å². The van der Waals surface area contributed by atoms with Crippen molar-refractivity contribution >= 4 is 40.5 Å². The van der Waals surface area contributed by atoms with E-state index in [0.717, 1.165) is 54.7 Å². The minimum atomic E-state index is -0.393. The third-order valence-corrected chi connectivity index (χ3v) is 7.14. The fraction of sp³-hybridized carbons (Fsp3) is 0.353. The second kappa shape index (κ2) is 16.2. The third-order valence-electron chi connectivity index (χ3n) is 7.14. The quantitative estimate of drug-likeness (QED) is 0.162. The number of nitrogens with one attached hydrogen (secondary N) is 2. The van der Waals surface area contributed by atoms with Gasteiger partial charge in [-0.1, -0.05) is 32.1 Å². The van der Waals surface area contributed by atoms with Gasteiger partial charge in [0.2, 0.25) is 11.9 Å². The number of anilines is 4. The molecule has 1 aromatic heterocycles. The first-order valence-electron chi connectivity index (χ1n) is 14.6. The predicted molar refractivity (Wildman–Crippen MR) is 178 cm³/mol. The lowest BCUT2D eigenvalue weighted by molar-refractivity contribution is -0.111. The number of carbonyl (C=O) groups is 2. The van der Waals surface area contributed by atoms with Crippen LogP contribution in [-0.4, -0.2) is 75.2 Å². The van der Waals surface area contributed by atoms with Gasteiger partial charge in [-0.05, 0) is 75.3 Å². The number of hydrogen-bond acceptors (Lipinski definition) is 9. The van der Waals surface area contributed by atoms with Crippen LogP contribution in [0.1, 0.15) is 53.9 Å². The zero-order valence-electron chi connectivity index (χ0n) is 26.9. The van der Waals surface area contributed by atoms with Gasteiger partial charge in [0.05, 0.1) is 42.5 Å². The van der Waals surface area contributed by atoms with Crippen LogP contribution in [0.25, 0.3) is 5.57 Å². The van der Waals surface area contributed by atoms with Crippen molar-refractivity contribution in [2.45, 2.75) is 33.1 Å². The van der Waals surface area contributed by atoms with E-state index in [1.807, 2.05) is 58.4 Å². The highest BCUT2D eigenvalue weighted by Crippen LogP contribution is 2.38. The van der Waals surface area contributed by atoms with Crippen LogP contribution in [0, 0.1) is 0 Å². The normalized spacial score (nSPS) is 11.2. The van der Waals surface area contributed by atoms with Crippen LogP contribution in [-0.2, 0) is 16.0 Å². The summed E-state index contributed by atoms with van der Waals surface area (Å²) in [4.78, 5) is 38.2. The molecular formula is C34H44N6O4. The summed E-state index contributed by atoms with van der Waals surface area (Å²) in [5.74, 6) is 0.179. The first kappa shape index (κ1) is 33.8. The van der Waals surface area contributed by atoms with Gasteiger partial charge in [0.15, 0.2) is 0 Å². The molecule has 0 atom stereocenters. The van der Waals surface area contributed by atoms with Gasteiger partial charge >= 0.3 is 5.97 Å². The van der Waals surface area contributed by atoms with Crippen molar-refractivity contribution in [3.63, 3.8) is 0 Å². The van der Waals surface area contributed by atoms with Gasteiger partial charge < -0.3 is 29.9 Å². The fourth-order valence-corrected chi connectivity index (χ4v) is 4.69. The number of carbonyl (C=O) groups excluding carboxylic acids is 2. The minimum Gasteiger partial charge on any atom is -0.494 e. The fourth-order valence-electron chi connectivity index (χ4n) is 4.69. The van der Waals surface area contributed by atoms with Gasteiger partial charge in [-0.3, -0.25) is 4.79 Å². The van der Waals surface area contributed by atoms with Crippen molar-refractivity contribution in [1.29, 1.82) is 0 Å². The van der Waals surface area contributed by atoms with E-state index in [-0.39, 0.29) is 5.91 Å². The summed E-state index contributed by atoms with van der Waals surface area (Å²) in [5.41, 5.74) is 6.03. The van der Waals surface area contributed by atoms with E-state index in [4.69, 9.17) is 14.5 Å². The lowest BCUT2D eigenvalue weighted by Crippen LogP contribution is -2.29. The Balaban J connectivity index is 2.05. The zero-order chi connectivity index (χ0) is 32.2. The maximum atomic E-state index is 12.4. The minimum absolute atomic E-state index is 0.326. The molecule has 3 rings (SSSR count). The molecule has 0 unspecified atom stereocenters. The summed E-state index contributed by atoms with van der Waals surface area (Å²) in [6, 6.07) is 11.2. The van der Waals surface area contributed by atoms with E-state index in [2.05, 4.69) is 38.9 Å². The average Bonchev–Trinajstić information content (AvgIpc) is 3.03. The monoisotopic (exact) mass is 600 g/mol. The zero-order valence-corrected chi connectivity index (χ0v) is 26.9. The van der Waals surface area contributed by atoms with E-state index in [1.54, 1.807) is 25.4 Å². The summed E-state index contributed by atoms with van der Waals surface area (Å²) in [5, 5.41) is 6.19. The Morgan fingerprint density at radius 1 is 1.05 bits per heavy atom. The van der Waals surface area contributed by atoms with E-state index in [9.17, 15) is 9.59 Å². The van der Waals surface area contributed by atoms with Gasteiger partial charge in [-0.2, -0.15) is 0 Å². The van der Waals surface area contributed by atoms with Gasteiger partial charge in [0, 0.05) is 38.0 Å². The topological polar surface area (TPSA) is 109 Å². The second-order valence-electron chi connectivity index (χ2n) is 10.5. The molecule has 44 heavy (non-hydrogen) atoms. The molecular weight excluding hydrogens is 556 g/mol. The SMILES string of the molecule is C=CC(=O)Nc1cc(Nc2nccc(/C(=C/C)c3cc(C(=O)OC)ccc3CCCC)n2)c(OC)cc1N(C)CCN(C)C. The first-order valence-corrected chi connectivity index (χ1v) is 14.6. The molecule has 0 aliphatic rings. The number of aromatic nitrogens is 2. The first-order chi connectivity index (χ1) is 21.1. The van der Waals surface area contributed by atoms with Crippen molar-refractivity contribution in [2.75, 3.05) is 64.0 Å². The number of ether oxygens (including phenoxy) is 2. The van der Waals surface area contributed by atoms with Crippen molar-refractivity contribution in [1.82, 2.24) is 14.9 Å². The van der Waals surface area contributed by atoms with Crippen LogP contribution in [0.15, 0.2) is 61.3 Å². The number of benzene rings is 2. The van der Waals surface area contributed by atoms with Gasteiger partial charge in [-0.15, -0.1) is 0 Å². The highest BCUT2D eigenvalue weighted by Gasteiger charge is 2.18. The number of allylic oxidation sites excluding steroid dienone is 1. The van der Waals surface area contributed by atoms with E-state index >= 15 is 0 Å². The Labute approximate surface area is 260 Å². The molecule has 0 aliphatic heterocycles. The molecule has 2 aromatic carbocycles. The van der Waals surface area contributed by atoms with Gasteiger partial charge in [0.25, 0.3) is 0 Å². The molecule has 0 aliphatic carbocycles. The van der Waals surface area contributed by atoms with Crippen LogP contribution in [0.3, 0.4) is 0 Å². The number of amides is 1. The van der Waals surface area contributed by atoms with Crippen LogP contribution < -0.4 is 20.3 Å². The third kappa shape index (κ3) is 8.67. The van der Waals surface area contributed by atoms with Gasteiger partial charge in [-0.25, -0.2) is 14.8 Å². The van der Waals surface area contributed by atoms with E-state index in [0.29, 0.717) is 34.3 Å². The number of nitrogens with zero attached hydrogens (tertiary/aromatic N) is 4.